The van der Waals surface area contributed by atoms with Crippen LogP contribution in [-0.4, -0.2) is 290 Å². The Hall–Kier alpha value is -10.2. The van der Waals surface area contributed by atoms with Crippen molar-refractivity contribution in [3.05, 3.63) is 101 Å². The Labute approximate surface area is 608 Å². The predicted octanol–water partition coefficient (Wildman–Crippen LogP) is -11.9. The highest BCUT2D eigenvalue weighted by atomic mass is 19.1. The summed E-state index contributed by atoms with van der Waals surface area (Å²) in [6, 6.07) is 2.47. The second-order valence-corrected chi connectivity index (χ2v) is 21.7. The van der Waals surface area contributed by atoms with Crippen molar-refractivity contribution in [1.82, 2.24) is 58.0 Å². The van der Waals surface area contributed by atoms with E-state index >= 15 is 0 Å². The van der Waals surface area contributed by atoms with E-state index in [4.69, 9.17) is 66.1 Å². The molecule has 5 unspecified atom stereocenters. The second-order valence-electron chi connectivity index (χ2n) is 21.7. The van der Waals surface area contributed by atoms with Gasteiger partial charge in [0.05, 0.1) is 58.9 Å². The van der Waals surface area contributed by atoms with E-state index in [2.05, 4.69) is 35.0 Å². The van der Waals surface area contributed by atoms with Crippen molar-refractivity contribution in [2.45, 2.75) is 127 Å². The maximum absolute atomic E-state index is 13.6. The van der Waals surface area contributed by atoms with E-state index in [0.29, 0.717) is 24.6 Å². The van der Waals surface area contributed by atoms with Crippen LogP contribution in [0, 0.1) is 71.9 Å². The predicted molar refractivity (Wildman–Crippen MR) is 343 cm³/mol. The number of hydrogen-bond donors (Lipinski definition) is 20. The Bertz CT molecular complexity index is 4810. The van der Waals surface area contributed by atoms with Gasteiger partial charge in [0.25, 0.3) is 0 Å². The standard InChI is InChI=1S/C13H16FN3O5.C12H13F2N3O5.C12H14FN3O5.2C11H13FN4O5/c1-7-5-9(15)16-12(20)17(7)11-13(21,3-2-4-14)10(19)8(6-18)22-11;13-3-1-2-12(21)8(19)7(5-18)22-10(12)17-4-6(14)9(15)16-11(17)20;13-4-1-3-12(20)9(18)7(6-17)21-10(12)16-5-2-8(14)15-11(16)19;12-3-1-2-11(20)8(18)6(5-17)21-9(11)16-10(19)15-7(13)4-14-16;12-3-1-2-11(20)7(18)6(4-17)21-8(11)16-5-14-9(13)15-10(16)19/h5,8,10-11,18-19,21H,4,6H2,1H3,(H2,15,16,20);4,7-8,10,18-19,21H,3,5H2,(H2,15,16,20);2,5,7,9-10,17-18,20H,4,6H2,(H2,14,15,19);4,6,8-9,17-18,20H,3,5H2,(H2,13,15,19);5-8,17-18,20H,3-4H2,(H2,13,15,19)/t8-,10+,11-,13?;7-,8+,10-,12?;7-,9+,10-,12?;6-,8+,9-,11?;6-,7+,8-,11?/m11111/s1/i6D2;5D2;6D2;5D2;4D2. The molecule has 0 bridgehead atoms. The molecule has 0 radical (unpaired) electrons. The molecule has 5 aliphatic heterocycles. The average molecular weight is 1540 g/mol. The highest BCUT2D eigenvalue weighted by Crippen LogP contribution is 2.42. The fraction of sp³-hybridized carbons (Fsp3) is 0.525. The molecule has 5 aromatic rings. The number of aliphatic hydroxyl groups is 15. The number of nitrogen functional groups attached to an aromatic ring is 5. The first-order valence-corrected chi connectivity index (χ1v) is 29.2. The molecule has 42 nitrogen and oxygen atoms in total. The minimum atomic E-state index is -3.15. The molecule has 5 fully saturated rings. The minimum absolute atomic E-state index is 0.0975. The van der Waals surface area contributed by atoms with Crippen LogP contribution in [-0.2, 0) is 23.7 Å². The van der Waals surface area contributed by atoms with Crippen molar-refractivity contribution in [3.8, 4) is 59.2 Å². The molecular formula is C59H69F6N17O25. The molecule has 48 heteroatoms. The van der Waals surface area contributed by atoms with Crippen LogP contribution in [0.1, 0.15) is 50.5 Å². The largest absolute Gasteiger partial charge is 0.394 e. The summed E-state index contributed by atoms with van der Waals surface area (Å²) in [5.41, 5.74) is 8.34. The van der Waals surface area contributed by atoms with Crippen LogP contribution >= 0.6 is 0 Å². The first-order valence-electron chi connectivity index (χ1n) is 34.2. The van der Waals surface area contributed by atoms with E-state index in [1.54, 1.807) is 0 Å². The van der Waals surface area contributed by atoms with Crippen LogP contribution in [0.4, 0.5) is 55.6 Å². The monoisotopic (exact) mass is 1540 g/mol. The zero-order valence-electron chi connectivity index (χ0n) is 64.0. The molecule has 0 amide bonds. The molecule has 5 aromatic heterocycles. The van der Waals surface area contributed by atoms with Crippen LogP contribution in [0.25, 0.3) is 0 Å². The molecule has 107 heavy (non-hydrogen) atoms. The van der Waals surface area contributed by atoms with Gasteiger partial charge in [0.15, 0.2) is 65.2 Å². The van der Waals surface area contributed by atoms with Gasteiger partial charge in [-0.05, 0) is 19.1 Å². The normalized spacial score (nSPS) is 33.4. The number of aryl methyl sites for hydroxylation is 1. The molecule has 5 aliphatic rings. The SMILES string of the molecule is [2H]C([2H])(O)[C@H]1O[C@@H](n2c(C)cc(N)nc2=O)C(O)(C#CCF)[C@H]1O.[2H]C([2H])(O)[C@H]1O[C@@H](n2cc(F)c(N)nc2=O)C(O)(C#CCF)[C@H]1O.[2H]C([2H])(O)[C@H]1O[C@@H](n2ccc(N)nc2=O)C(O)(C#CCF)[C@H]1O.[2H]C([2H])(O)[C@H]1O[C@@H](n2cnc(N)nc2=O)C(O)(C#CCF)[C@H]1O.[2H]C([2H])(O)[C@H]1O[C@@H](n2ncc(N)nc2=O)C(O)(C#CCF)[C@H]1O. The Morgan fingerprint density at radius 3 is 1.21 bits per heavy atom. The highest BCUT2D eigenvalue weighted by Gasteiger charge is 2.60. The molecule has 25 N–H and O–H groups in total. The molecular weight excluding hydrogens is 1460 g/mol. The summed E-state index contributed by atoms with van der Waals surface area (Å²) in [6.45, 7) is -19.9. The number of aliphatic hydroxyl groups excluding tert-OH is 5. The summed E-state index contributed by atoms with van der Waals surface area (Å²) < 4.78 is 176. The molecule has 0 aromatic carbocycles. The number of nitrogens with zero attached hydrogens (tertiary/aromatic N) is 12. The van der Waals surface area contributed by atoms with Gasteiger partial charge in [0, 0.05) is 11.9 Å². The van der Waals surface area contributed by atoms with E-state index in [-0.39, 0.29) is 29.1 Å². The molecule has 10 heterocycles. The summed E-state index contributed by atoms with van der Waals surface area (Å²) in [5, 5.41) is 154. The molecule has 0 saturated carbocycles. The first-order chi connectivity index (χ1) is 53.9. The Kier molecular flexibility index (Phi) is 24.2. The fourth-order valence-electron chi connectivity index (χ4n) is 10.0. The number of rotatable bonds is 10. The summed E-state index contributed by atoms with van der Waals surface area (Å²) >= 11 is 0. The van der Waals surface area contributed by atoms with Crippen LogP contribution in [0.3, 0.4) is 0 Å². The van der Waals surface area contributed by atoms with E-state index < -0.39 is 226 Å². The fourth-order valence-corrected chi connectivity index (χ4v) is 10.0. The van der Waals surface area contributed by atoms with Crippen molar-refractivity contribution < 1.29 is 140 Å². The van der Waals surface area contributed by atoms with Crippen molar-refractivity contribution in [2.75, 3.05) is 94.8 Å². The van der Waals surface area contributed by atoms with E-state index in [9.17, 15) is 127 Å². The Morgan fingerprint density at radius 2 is 0.822 bits per heavy atom. The smallest absolute Gasteiger partial charge is 0.368 e. The summed E-state index contributed by atoms with van der Waals surface area (Å²) in [4.78, 5) is 79.6. The summed E-state index contributed by atoms with van der Waals surface area (Å²) in [7, 11) is 0. The number of aromatic nitrogens is 12. The van der Waals surface area contributed by atoms with Gasteiger partial charge in [-0.15, -0.1) is 0 Å². The van der Waals surface area contributed by atoms with Crippen LogP contribution < -0.4 is 57.1 Å². The second kappa shape index (κ2) is 36.4. The van der Waals surface area contributed by atoms with Gasteiger partial charge in [-0.3, -0.25) is 18.3 Å². The zero-order chi connectivity index (χ0) is 88.8. The average Bonchev–Trinajstić information content (AvgIpc) is 1.61. The third kappa shape index (κ3) is 18.1. The van der Waals surface area contributed by atoms with Gasteiger partial charge in [-0.2, -0.15) is 34.7 Å². The van der Waals surface area contributed by atoms with Crippen molar-refractivity contribution in [2.24, 2.45) is 0 Å². The lowest BCUT2D eigenvalue weighted by Gasteiger charge is -2.27. The van der Waals surface area contributed by atoms with Gasteiger partial charge in [-0.1, -0.05) is 59.2 Å². The molecule has 582 valence electrons. The molecule has 0 aliphatic carbocycles. The maximum Gasteiger partial charge on any atom is 0.368 e. The van der Waals surface area contributed by atoms with Gasteiger partial charge in [0.1, 0.15) is 118 Å². The van der Waals surface area contributed by atoms with Crippen molar-refractivity contribution in [3.63, 3.8) is 0 Å². The topological polar surface area (TPSA) is 680 Å². The maximum atomic E-state index is 13.6. The van der Waals surface area contributed by atoms with Crippen LogP contribution in [0.5, 0.6) is 0 Å². The van der Waals surface area contributed by atoms with Gasteiger partial charge in [0.2, 0.25) is 11.5 Å². The summed E-state index contributed by atoms with van der Waals surface area (Å²) in [5.74, 6) is 16.6. The summed E-state index contributed by atoms with van der Waals surface area (Å²) in [6.07, 6.45) is -26.1. The lowest BCUT2D eigenvalue weighted by Crippen LogP contribution is -2.48. The van der Waals surface area contributed by atoms with Crippen molar-refractivity contribution in [1.29, 1.82) is 0 Å². The van der Waals surface area contributed by atoms with E-state index in [1.165, 1.54) is 19.1 Å². The third-order valence-electron chi connectivity index (χ3n) is 15.0. The number of nitrogens with two attached hydrogens (primary N) is 5. The van der Waals surface area contributed by atoms with Crippen LogP contribution in [0.15, 0.2) is 61.0 Å². The zero-order valence-corrected chi connectivity index (χ0v) is 54.0. The number of ether oxygens (including phenoxy) is 5. The van der Waals surface area contributed by atoms with Gasteiger partial charge >= 0.3 is 28.4 Å². The third-order valence-corrected chi connectivity index (χ3v) is 15.0. The number of halogens is 6. The number of alkyl halides is 5. The minimum Gasteiger partial charge on any atom is -0.394 e. The van der Waals surface area contributed by atoms with Crippen molar-refractivity contribution >= 4 is 29.2 Å². The number of anilines is 5. The van der Waals surface area contributed by atoms with E-state index in [1.807, 2.05) is 59.2 Å². The lowest BCUT2D eigenvalue weighted by atomic mass is 9.94. The van der Waals surface area contributed by atoms with E-state index in [0.717, 1.165) is 23.3 Å². The Morgan fingerprint density at radius 1 is 0.477 bits per heavy atom. The highest BCUT2D eigenvalue weighted by molar-refractivity contribution is 5.33. The molecule has 10 rings (SSSR count). The van der Waals surface area contributed by atoms with Gasteiger partial charge < -0.3 is 129 Å². The quantitative estimate of drug-likeness (QED) is 0.0456. The number of hydrogen-bond acceptors (Lipinski definition) is 37. The Balaban J connectivity index is 0.000000227. The molecule has 0 spiro atoms. The molecule has 5 saturated heterocycles. The van der Waals surface area contributed by atoms with Gasteiger partial charge in [-0.25, -0.2) is 55.3 Å². The first kappa shape index (κ1) is 71.1. The van der Waals surface area contributed by atoms with Crippen LogP contribution in [0.2, 0.25) is 0 Å². The molecule has 20 atom stereocenters. The lowest BCUT2D eigenvalue weighted by molar-refractivity contribution is -0.0837.